The van der Waals surface area contributed by atoms with E-state index in [1.165, 1.54) is 32.5 Å². The number of benzene rings is 2. The molecule has 0 saturated carbocycles. The SMILES string of the molecule is CCCCC(CC)CN1C(=O)C2=C(c3ccc(-c4ccc5c(c4)C(=O)N(C(CC)CC)C5=O)s3)N(CC(CC)CCCC)C(=O)C2=C1c1ccc(-c2ccc3c(c2)C(=O)N(C(CC)CC)C3=O)s1. The number of thiophene rings is 2. The molecule has 10 nitrogen and oxygen atoms in total. The second-order valence-corrected chi connectivity index (χ2v) is 21.0. The number of unbranched alkanes of at least 4 members (excludes halogenated alkanes) is 2. The van der Waals surface area contributed by atoms with Crippen molar-refractivity contribution in [1.29, 1.82) is 0 Å². The lowest BCUT2D eigenvalue weighted by Crippen LogP contribution is -2.39. The van der Waals surface area contributed by atoms with Gasteiger partial charge in [-0.25, -0.2) is 0 Å². The predicted octanol–water partition coefficient (Wildman–Crippen LogP) is 13.0. The molecule has 4 aliphatic heterocycles. The normalized spacial score (nSPS) is 16.9. The van der Waals surface area contributed by atoms with E-state index in [0.29, 0.717) is 83.6 Å². The molecule has 6 amide bonds. The van der Waals surface area contributed by atoms with Gasteiger partial charge >= 0.3 is 0 Å². The highest BCUT2D eigenvalue weighted by Crippen LogP contribution is 2.51. The number of amides is 6. The third kappa shape index (κ3) is 8.54. The number of nitrogens with zero attached hydrogens (tertiary/aromatic N) is 4. The third-order valence-electron chi connectivity index (χ3n) is 14.8. The largest absolute Gasteiger partial charge is 0.306 e. The monoisotopic (exact) mass is 954 g/mol. The Bertz CT molecular complexity index is 2530. The lowest BCUT2D eigenvalue weighted by Gasteiger charge is -2.29. The molecule has 2 atom stereocenters. The third-order valence-corrected chi connectivity index (χ3v) is 17.1. The summed E-state index contributed by atoms with van der Waals surface area (Å²) < 4.78 is 0. The maximum absolute atomic E-state index is 15.4. The number of hydrogen-bond donors (Lipinski definition) is 0. The summed E-state index contributed by atoms with van der Waals surface area (Å²) in [5.74, 6) is -0.934. The van der Waals surface area contributed by atoms with Crippen molar-refractivity contribution in [2.45, 2.75) is 145 Å². The molecule has 12 heteroatoms. The molecule has 2 unspecified atom stereocenters. The van der Waals surface area contributed by atoms with Crippen LogP contribution < -0.4 is 0 Å². The highest BCUT2D eigenvalue weighted by atomic mass is 32.1. The summed E-state index contributed by atoms with van der Waals surface area (Å²) in [6, 6.07) is 18.6. The van der Waals surface area contributed by atoms with Crippen LogP contribution in [0.15, 0.2) is 71.8 Å². The Morgan fingerprint density at radius 2 is 0.765 bits per heavy atom. The summed E-state index contributed by atoms with van der Waals surface area (Å²) in [4.78, 5) is 95.1. The quantitative estimate of drug-likeness (QED) is 0.0725. The van der Waals surface area contributed by atoms with Crippen LogP contribution in [0.4, 0.5) is 0 Å². The second-order valence-electron chi connectivity index (χ2n) is 18.9. The molecular weight excluding hydrogens is 889 g/mol. The molecule has 0 aliphatic carbocycles. The molecule has 2 aromatic carbocycles. The summed E-state index contributed by atoms with van der Waals surface area (Å²) in [5, 5.41) is 0. The predicted molar refractivity (Wildman–Crippen MR) is 273 cm³/mol. The van der Waals surface area contributed by atoms with E-state index < -0.39 is 0 Å². The van der Waals surface area contributed by atoms with E-state index in [1.807, 2.05) is 86.0 Å². The minimum atomic E-state index is -0.268. The van der Waals surface area contributed by atoms with Crippen LogP contribution in [-0.4, -0.2) is 80.2 Å². The van der Waals surface area contributed by atoms with Gasteiger partial charge in [0.05, 0.1) is 54.5 Å². The zero-order chi connectivity index (χ0) is 48.6. The van der Waals surface area contributed by atoms with Crippen molar-refractivity contribution in [2.24, 2.45) is 11.8 Å². The van der Waals surface area contributed by atoms with E-state index in [2.05, 4.69) is 27.7 Å². The maximum Gasteiger partial charge on any atom is 0.261 e. The number of carbonyl (C=O) groups excluding carboxylic acids is 6. The first-order chi connectivity index (χ1) is 32.9. The van der Waals surface area contributed by atoms with Gasteiger partial charge in [0.2, 0.25) is 0 Å². The zero-order valence-corrected chi connectivity index (χ0v) is 42.7. The number of rotatable bonds is 22. The molecule has 4 aromatic rings. The topological polar surface area (TPSA) is 115 Å². The van der Waals surface area contributed by atoms with Crippen molar-refractivity contribution >= 4 is 69.5 Å². The van der Waals surface area contributed by atoms with Crippen LogP contribution >= 0.6 is 22.7 Å². The molecule has 0 saturated heterocycles. The van der Waals surface area contributed by atoms with Gasteiger partial charge in [-0.2, -0.15) is 0 Å². The van der Waals surface area contributed by atoms with Crippen LogP contribution in [0.2, 0.25) is 0 Å². The molecule has 0 spiro atoms. The highest BCUT2D eigenvalue weighted by Gasteiger charge is 2.50. The molecule has 6 heterocycles. The second kappa shape index (κ2) is 20.6. The summed E-state index contributed by atoms with van der Waals surface area (Å²) in [5.41, 5.74) is 5.37. The molecule has 68 heavy (non-hydrogen) atoms. The first kappa shape index (κ1) is 49.0. The fourth-order valence-electron chi connectivity index (χ4n) is 10.6. The average molecular weight is 955 g/mol. The first-order valence-corrected chi connectivity index (χ1v) is 26.9. The van der Waals surface area contributed by atoms with Crippen LogP contribution in [0, 0.1) is 11.8 Å². The fourth-order valence-corrected chi connectivity index (χ4v) is 12.8. The molecule has 0 radical (unpaired) electrons. The van der Waals surface area contributed by atoms with Gasteiger partial charge in [-0.05, 0) is 110 Å². The Hall–Kier alpha value is -5.46. The highest BCUT2D eigenvalue weighted by molar-refractivity contribution is 7.17. The minimum absolute atomic E-state index is 0.166. The van der Waals surface area contributed by atoms with Gasteiger partial charge in [0.15, 0.2) is 0 Å². The Morgan fingerprint density at radius 3 is 1.10 bits per heavy atom. The van der Waals surface area contributed by atoms with Gasteiger partial charge in [-0.1, -0.05) is 106 Å². The van der Waals surface area contributed by atoms with Gasteiger partial charge in [0.25, 0.3) is 35.4 Å². The van der Waals surface area contributed by atoms with E-state index >= 15 is 9.59 Å². The van der Waals surface area contributed by atoms with Crippen LogP contribution in [0.25, 0.3) is 32.3 Å². The maximum atomic E-state index is 15.4. The lowest BCUT2D eigenvalue weighted by atomic mass is 9.98. The van der Waals surface area contributed by atoms with Crippen LogP contribution in [-0.2, 0) is 9.59 Å². The molecule has 8 rings (SSSR count). The van der Waals surface area contributed by atoms with Crippen LogP contribution in [0.5, 0.6) is 0 Å². The number of hydrogen-bond acceptors (Lipinski definition) is 8. The number of carbonyl (C=O) groups is 6. The Labute approximate surface area is 410 Å². The molecule has 0 bridgehead atoms. The van der Waals surface area contributed by atoms with E-state index in [9.17, 15) is 19.2 Å². The van der Waals surface area contributed by atoms with Crippen LogP contribution in [0.3, 0.4) is 0 Å². The summed E-state index contributed by atoms with van der Waals surface area (Å²) in [6.07, 6.45) is 10.6. The average Bonchev–Trinajstić information content (AvgIpc) is 4.21. The van der Waals surface area contributed by atoms with E-state index in [1.54, 1.807) is 12.1 Å². The zero-order valence-electron chi connectivity index (χ0n) is 41.0. The van der Waals surface area contributed by atoms with Gasteiger partial charge in [-0.15, -0.1) is 22.7 Å². The van der Waals surface area contributed by atoms with Crippen molar-refractivity contribution in [3.63, 3.8) is 0 Å². The van der Waals surface area contributed by atoms with Crippen LogP contribution in [0.1, 0.15) is 184 Å². The van der Waals surface area contributed by atoms with E-state index in [4.69, 9.17) is 0 Å². The van der Waals surface area contributed by atoms with Crippen molar-refractivity contribution in [1.82, 2.24) is 19.6 Å². The van der Waals surface area contributed by atoms with Gasteiger partial charge in [0, 0.05) is 34.9 Å². The Kier molecular flexibility index (Phi) is 14.9. The summed E-state index contributed by atoms with van der Waals surface area (Å²) in [6.45, 7) is 17.6. The Morgan fingerprint density at radius 1 is 0.412 bits per heavy atom. The summed E-state index contributed by atoms with van der Waals surface area (Å²) >= 11 is 2.99. The minimum Gasteiger partial charge on any atom is -0.306 e. The van der Waals surface area contributed by atoms with Gasteiger partial charge in [0.1, 0.15) is 0 Å². The van der Waals surface area contributed by atoms with Gasteiger partial charge < -0.3 is 9.80 Å². The molecule has 358 valence electrons. The van der Waals surface area contributed by atoms with Gasteiger partial charge in [-0.3, -0.25) is 38.6 Å². The summed E-state index contributed by atoms with van der Waals surface area (Å²) in [7, 11) is 0. The molecule has 0 N–H and O–H groups in total. The molecule has 2 aromatic heterocycles. The number of fused-ring (bicyclic) bond motifs is 3. The molecular formula is C56H66N4O6S2. The number of imide groups is 2. The first-order valence-electron chi connectivity index (χ1n) is 25.3. The van der Waals surface area contributed by atoms with Crippen molar-refractivity contribution in [3.05, 3.63) is 104 Å². The van der Waals surface area contributed by atoms with Crippen molar-refractivity contribution in [2.75, 3.05) is 13.1 Å². The smallest absolute Gasteiger partial charge is 0.261 e. The van der Waals surface area contributed by atoms with E-state index in [0.717, 1.165) is 82.0 Å². The van der Waals surface area contributed by atoms with Crippen molar-refractivity contribution < 1.29 is 28.8 Å². The Balaban J connectivity index is 1.24. The molecule has 4 aliphatic rings. The molecule has 0 fully saturated rings. The van der Waals surface area contributed by atoms with Crippen molar-refractivity contribution in [3.8, 4) is 20.9 Å². The standard InChI is InChI=1S/C56H66N4O6S2/c1-9-17-19-33(11-3)31-57-49(45-27-25-43(67-45)35-21-23-39-41(29-35)53(63)59(51(39)61)37(13-5)14-6)47-48(55(57)65)50(58(56(47)66)32-34(12-4)20-18-10-2)46-28-26-44(68-46)36-22-24-40-42(30-36)54(64)60(52(40)62)38(15-7)16-8/h21-30,33-34,37-38H,9-20,31-32H2,1-8H3. The lowest BCUT2D eigenvalue weighted by molar-refractivity contribution is -0.124. The van der Waals surface area contributed by atoms with E-state index in [-0.39, 0.29) is 59.4 Å². The fraction of sp³-hybridized carbons (Fsp3) is 0.464.